The van der Waals surface area contributed by atoms with Crippen molar-refractivity contribution in [2.24, 2.45) is 11.8 Å². The summed E-state index contributed by atoms with van der Waals surface area (Å²) >= 11 is 6.00. The number of carboxylic acids is 1. The number of Topliss-reactive ketones (excluding diaryl/α,β-unsaturated/α-hetero) is 1. The molecular formula is C20H27ClO4. The molecule has 2 aliphatic rings. The van der Waals surface area contributed by atoms with Crippen LogP contribution in [0.25, 0.3) is 0 Å². The Morgan fingerprint density at radius 1 is 1.28 bits per heavy atom. The largest absolute Gasteiger partial charge is 0.481 e. The first kappa shape index (κ1) is 19.9. The highest BCUT2D eigenvalue weighted by molar-refractivity contribution is 6.46. The number of hydrogen-bond acceptors (Lipinski definition) is 3. The minimum atomic E-state index is -0.772. The maximum absolute atomic E-state index is 12.2. The number of carbonyl (C=O) groups excluding carboxylic acids is 1. The van der Waals surface area contributed by atoms with E-state index in [4.69, 9.17) is 16.7 Å². The van der Waals surface area contributed by atoms with Crippen LogP contribution in [0.3, 0.4) is 0 Å². The van der Waals surface area contributed by atoms with Gasteiger partial charge < -0.3 is 10.2 Å². The van der Waals surface area contributed by atoms with E-state index in [-0.39, 0.29) is 23.2 Å². The molecule has 4 nitrogen and oxygen atoms in total. The van der Waals surface area contributed by atoms with Crippen LogP contribution in [-0.2, 0) is 9.59 Å². The Bertz CT molecular complexity index is 570. The third kappa shape index (κ3) is 6.12. The second kappa shape index (κ2) is 9.93. The van der Waals surface area contributed by atoms with Crippen molar-refractivity contribution in [3.05, 3.63) is 34.9 Å². The molecule has 2 atom stereocenters. The van der Waals surface area contributed by atoms with Crippen LogP contribution in [-0.4, -0.2) is 28.1 Å². The number of allylic oxidation sites excluding steroid dienone is 5. The highest BCUT2D eigenvalue weighted by Crippen LogP contribution is 2.32. The molecule has 0 aliphatic heterocycles. The first-order valence-corrected chi connectivity index (χ1v) is 9.57. The minimum Gasteiger partial charge on any atom is -0.481 e. The van der Waals surface area contributed by atoms with Gasteiger partial charge in [0.1, 0.15) is 0 Å². The normalized spacial score (nSPS) is 24.4. The first-order chi connectivity index (χ1) is 12.0. The van der Waals surface area contributed by atoms with Crippen molar-refractivity contribution in [3.63, 3.8) is 0 Å². The topological polar surface area (TPSA) is 74.6 Å². The molecule has 0 saturated heterocycles. The zero-order chi connectivity index (χ0) is 18.2. The van der Waals surface area contributed by atoms with Crippen LogP contribution in [0.4, 0.5) is 0 Å². The summed E-state index contributed by atoms with van der Waals surface area (Å²) < 4.78 is 0. The molecule has 2 rings (SSSR count). The van der Waals surface area contributed by atoms with Crippen LogP contribution < -0.4 is 0 Å². The minimum absolute atomic E-state index is 0.141. The van der Waals surface area contributed by atoms with Crippen LogP contribution >= 0.6 is 11.6 Å². The highest BCUT2D eigenvalue weighted by Gasteiger charge is 2.28. The average molecular weight is 367 g/mol. The lowest BCUT2D eigenvalue weighted by atomic mass is 9.95. The van der Waals surface area contributed by atoms with Gasteiger partial charge in [-0.3, -0.25) is 9.59 Å². The Morgan fingerprint density at radius 2 is 2.00 bits per heavy atom. The fourth-order valence-corrected chi connectivity index (χ4v) is 3.79. The third-order valence-electron chi connectivity index (χ3n) is 5.02. The van der Waals surface area contributed by atoms with E-state index < -0.39 is 12.1 Å². The number of carbonyl (C=O) groups is 2. The number of unbranched alkanes of at least 4 members (excludes halogenated alkanes) is 3. The van der Waals surface area contributed by atoms with Gasteiger partial charge in [0.15, 0.2) is 0 Å². The van der Waals surface area contributed by atoms with E-state index in [1.165, 1.54) is 12.8 Å². The van der Waals surface area contributed by atoms with Crippen molar-refractivity contribution in [1.82, 2.24) is 0 Å². The number of aliphatic hydroxyl groups excluding tert-OH is 1. The van der Waals surface area contributed by atoms with Gasteiger partial charge in [0, 0.05) is 17.9 Å². The SMILES string of the molecule is O=C(O)CCCCCC=C1C(=O)C(Cl)=CC1C=CC(O)C1CCCC1. The van der Waals surface area contributed by atoms with Crippen molar-refractivity contribution in [2.45, 2.75) is 63.9 Å². The van der Waals surface area contributed by atoms with Crippen LogP contribution in [0.5, 0.6) is 0 Å². The zero-order valence-electron chi connectivity index (χ0n) is 14.5. The summed E-state index contributed by atoms with van der Waals surface area (Å²) in [5, 5.41) is 19.1. The second-order valence-electron chi connectivity index (χ2n) is 6.94. The molecule has 2 aliphatic carbocycles. The molecule has 0 aromatic carbocycles. The quantitative estimate of drug-likeness (QED) is 0.361. The molecule has 0 aromatic heterocycles. The predicted octanol–water partition coefficient (Wildman–Crippen LogP) is 4.38. The number of carboxylic acid groups (broad SMARTS) is 1. The Morgan fingerprint density at radius 3 is 2.68 bits per heavy atom. The van der Waals surface area contributed by atoms with Gasteiger partial charge in [0.25, 0.3) is 0 Å². The van der Waals surface area contributed by atoms with E-state index in [2.05, 4.69) is 0 Å². The van der Waals surface area contributed by atoms with Gasteiger partial charge in [-0.05, 0) is 38.0 Å². The Balaban J connectivity index is 1.87. The summed E-state index contributed by atoms with van der Waals surface area (Å²) in [4.78, 5) is 22.7. The lowest BCUT2D eigenvalue weighted by Crippen LogP contribution is -2.14. The molecule has 1 saturated carbocycles. The molecule has 0 bridgehead atoms. The van der Waals surface area contributed by atoms with E-state index in [1.807, 2.05) is 12.2 Å². The number of aliphatic carboxylic acids is 1. The Hall–Kier alpha value is -1.39. The number of aliphatic hydroxyl groups is 1. The molecule has 2 unspecified atom stereocenters. The van der Waals surface area contributed by atoms with Crippen LogP contribution in [0.15, 0.2) is 34.9 Å². The standard InChI is InChI=1S/C20H27ClO4/c21-17-13-15(11-12-18(22)14-7-5-6-8-14)16(20(17)25)9-3-1-2-4-10-19(23)24/h9,11-15,18,22H,1-8,10H2,(H,23,24). The van der Waals surface area contributed by atoms with Crippen LogP contribution in [0.2, 0.25) is 0 Å². The summed E-state index contributed by atoms with van der Waals surface area (Å²) in [6.07, 6.45) is 14.6. The molecule has 138 valence electrons. The van der Waals surface area contributed by atoms with Crippen molar-refractivity contribution in [2.75, 3.05) is 0 Å². The van der Waals surface area contributed by atoms with E-state index in [9.17, 15) is 14.7 Å². The lowest BCUT2D eigenvalue weighted by Gasteiger charge is -2.14. The number of halogens is 1. The van der Waals surface area contributed by atoms with Gasteiger partial charge in [-0.25, -0.2) is 0 Å². The molecular weight excluding hydrogens is 340 g/mol. The number of rotatable bonds is 9. The average Bonchev–Trinajstić information content (AvgIpc) is 3.19. The van der Waals surface area contributed by atoms with Crippen molar-refractivity contribution < 1.29 is 19.8 Å². The smallest absolute Gasteiger partial charge is 0.303 e. The summed E-state index contributed by atoms with van der Waals surface area (Å²) in [5.74, 6) is -0.756. The lowest BCUT2D eigenvalue weighted by molar-refractivity contribution is -0.137. The predicted molar refractivity (Wildman–Crippen MR) is 98.3 cm³/mol. The van der Waals surface area contributed by atoms with Gasteiger partial charge in [-0.2, -0.15) is 0 Å². The fraction of sp³-hybridized carbons (Fsp3) is 0.600. The summed E-state index contributed by atoms with van der Waals surface area (Å²) in [6.45, 7) is 0. The highest BCUT2D eigenvalue weighted by atomic mass is 35.5. The molecule has 25 heavy (non-hydrogen) atoms. The third-order valence-corrected chi connectivity index (χ3v) is 5.32. The van der Waals surface area contributed by atoms with Gasteiger partial charge in [-0.1, -0.05) is 55.2 Å². The van der Waals surface area contributed by atoms with E-state index in [0.717, 1.165) is 32.1 Å². The van der Waals surface area contributed by atoms with Crippen LogP contribution in [0, 0.1) is 11.8 Å². The van der Waals surface area contributed by atoms with Gasteiger partial charge >= 0.3 is 5.97 Å². The van der Waals surface area contributed by atoms with E-state index >= 15 is 0 Å². The van der Waals surface area contributed by atoms with Crippen molar-refractivity contribution in [1.29, 1.82) is 0 Å². The zero-order valence-corrected chi connectivity index (χ0v) is 15.3. The van der Waals surface area contributed by atoms with Gasteiger partial charge in [0.05, 0.1) is 11.1 Å². The van der Waals surface area contributed by atoms with Crippen LogP contribution in [0.1, 0.15) is 57.8 Å². The van der Waals surface area contributed by atoms with E-state index in [0.29, 0.717) is 17.9 Å². The maximum Gasteiger partial charge on any atom is 0.303 e. The fourth-order valence-electron chi connectivity index (χ4n) is 3.54. The molecule has 0 spiro atoms. The molecule has 0 aromatic rings. The summed E-state index contributed by atoms with van der Waals surface area (Å²) in [5.41, 5.74) is 0.665. The monoisotopic (exact) mass is 366 g/mol. The molecule has 2 N–H and O–H groups in total. The molecule has 5 heteroatoms. The Kier molecular flexibility index (Phi) is 7.91. The van der Waals surface area contributed by atoms with Gasteiger partial charge in [0.2, 0.25) is 5.78 Å². The summed E-state index contributed by atoms with van der Waals surface area (Å²) in [7, 11) is 0. The first-order valence-electron chi connectivity index (χ1n) is 9.19. The summed E-state index contributed by atoms with van der Waals surface area (Å²) in [6, 6.07) is 0. The second-order valence-corrected chi connectivity index (χ2v) is 7.35. The van der Waals surface area contributed by atoms with Crippen molar-refractivity contribution >= 4 is 23.4 Å². The molecule has 0 radical (unpaired) electrons. The van der Waals surface area contributed by atoms with Gasteiger partial charge in [-0.15, -0.1) is 0 Å². The molecule has 0 heterocycles. The maximum atomic E-state index is 12.2. The molecule has 0 amide bonds. The number of ketones is 1. The molecule has 1 fully saturated rings. The van der Waals surface area contributed by atoms with E-state index in [1.54, 1.807) is 12.2 Å². The van der Waals surface area contributed by atoms with Crippen molar-refractivity contribution in [3.8, 4) is 0 Å². The Labute approximate surface area is 154 Å². The number of hydrogen-bond donors (Lipinski definition) is 2.